The summed E-state index contributed by atoms with van der Waals surface area (Å²) >= 11 is 0. The fraction of sp³-hybridized carbons (Fsp3) is 0.250. The fourth-order valence-corrected chi connectivity index (χ4v) is 0.412. The zero-order valence-corrected chi connectivity index (χ0v) is 4.84. The first-order valence-electron chi connectivity index (χ1n) is 2.40. The van der Waals surface area contributed by atoms with Crippen molar-refractivity contribution in [1.82, 2.24) is 15.0 Å². The van der Waals surface area contributed by atoms with Gasteiger partial charge in [-0.15, -0.1) is 0 Å². The van der Waals surface area contributed by atoms with Gasteiger partial charge >= 0.3 is 5.97 Å². The zero-order chi connectivity index (χ0) is 7.61. The van der Waals surface area contributed by atoms with Crippen LogP contribution in [0.25, 0.3) is 0 Å². The largest absolute Gasteiger partial charge is 0.340 e. The number of nitrogens with zero attached hydrogens (tertiary/aromatic N) is 3. The third kappa shape index (κ3) is 1.44. The Kier molecular flexibility index (Phi) is 1.58. The Morgan fingerprint density at radius 2 is 1.60 bits per heavy atom. The lowest BCUT2D eigenvalue weighted by atomic mass is 10.5. The predicted octanol–water partition coefficient (Wildman–Crippen LogP) is -2.04. The predicted molar refractivity (Wildman–Crippen MR) is 28.2 cm³/mol. The molecular weight excluding hydrogens is 138 g/mol. The van der Waals surface area contributed by atoms with Gasteiger partial charge in [0.1, 0.15) is 12.7 Å². The van der Waals surface area contributed by atoms with Gasteiger partial charge in [0.15, 0.2) is 0 Å². The molecule has 0 spiro atoms. The van der Waals surface area contributed by atoms with Crippen molar-refractivity contribution >= 4 is 0 Å². The molecule has 6 heteroatoms. The molecule has 1 rings (SSSR count). The highest BCUT2D eigenvalue weighted by Gasteiger charge is 2.24. The lowest BCUT2D eigenvalue weighted by Gasteiger charge is -2.09. The molecule has 0 saturated heterocycles. The van der Waals surface area contributed by atoms with E-state index in [-0.39, 0.29) is 0 Å². The van der Waals surface area contributed by atoms with Crippen molar-refractivity contribution in [2.75, 3.05) is 0 Å². The van der Waals surface area contributed by atoms with Crippen LogP contribution in [-0.2, 0) is 5.97 Å². The second-order valence-corrected chi connectivity index (χ2v) is 1.60. The Bertz CT molecular complexity index is 207. The Morgan fingerprint density at radius 1 is 1.10 bits per heavy atom. The van der Waals surface area contributed by atoms with Gasteiger partial charge in [-0.3, -0.25) is 0 Å². The van der Waals surface area contributed by atoms with Crippen LogP contribution in [0.15, 0.2) is 12.7 Å². The highest BCUT2D eigenvalue weighted by molar-refractivity contribution is 4.85. The Labute approximate surface area is 55.8 Å². The smallest absolute Gasteiger partial charge is 0.337 e. The van der Waals surface area contributed by atoms with Gasteiger partial charge in [0.05, 0.1) is 0 Å². The van der Waals surface area contributed by atoms with Crippen LogP contribution in [0.5, 0.6) is 0 Å². The minimum Gasteiger partial charge on any atom is -0.337 e. The molecular formula is C4H5N3O3. The average Bonchev–Trinajstić information content (AvgIpc) is 1.88. The summed E-state index contributed by atoms with van der Waals surface area (Å²) in [6.45, 7) is 0. The molecule has 0 bridgehead atoms. The highest BCUT2D eigenvalue weighted by atomic mass is 16.7. The Balaban J connectivity index is 2.97. The number of hydrogen-bond acceptors (Lipinski definition) is 6. The average molecular weight is 143 g/mol. The minimum absolute atomic E-state index is 0.498. The summed E-state index contributed by atoms with van der Waals surface area (Å²) < 4.78 is 0. The molecule has 0 aromatic carbocycles. The topological polar surface area (TPSA) is 99.4 Å². The normalized spacial score (nSPS) is 11.5. The highest BCUT2D eigenvalue weighted by Crippen LogP contribution is 2.04. The van der Waals surface area contributed by atoms with E-state index >= 15 is 0 Å². The van der Waals surface area contributed by atoms with E-state index in [0.29, 0.717) is 0 Å². The fourth-order valence-electron chi connectivity index (χ4n) is 0.412. The summed E-state index contributed by atoms with van der Waals surface area (Å²) in [6, 6.07) is 0. The van der Waals surface area contributed by atoms with Crippen LogP contribution in [0.2, 0.25) is 0 Å². The van der Waals surface area contributed by atoms with E-state index in [4.69, 9.17) is 15.3 Å². The summed E-state index contributed by atoms with van der Waals surface area (Å²) in [5, 5.41) is 25.3. The summed E-state index contributed by atoms with van der Waals surface area (Å²) in [4.78, 5) is 9.96. The standard InChI is InChI=1S/C4H5N3O3/c8-4(9,10)3-6-1-5-2-7-3/h1-2,8-10H. The third-order valence-electron chi connectivity index (χ3n) is 0.793. The molecule has 0 atom stereocenters. The van der Waals surface area contributed by atoms with Gasteiger partial charge < -0.3 is 15.3 Å². The first-order chi connectivity index (χ1) is 4.61. The van der Waals surface area contributed by atoms with E-state index in [0.717, 1.165) is 12.7 Å². The van der Waals surface area contributed by atoms with Crippen molar-refractivity contribution < 1.29 is 15.3 Å². The molecule has 0 aliphatic heterocycles. The maximum absolute atomic E-state index is 8.45. The SMILES string of the molecule is OC(O)(O)c1ncncn1. The van der Waals surface area contributed by atoms with Crippen LogP contribution in [0, 0.1) is 0 Å². The van der Waals surface area contributed by atoms with Gasteiger partial charge in [-0.25, -0.2) is 15.0 Å². The zero-order valence-electron chi connectivity index (χ0n) is 4.84. The van der Waals surface area contributed by atoms with Crippen LogP contribution in [0.1, 0.15) is 5.82 Å². The number of rotatable bonds is 1. The van der Waals surface area contributed by atoms with E-state index in [1.54, 1.807) is 0 Å². The lowest BCUT2D eigenvalue weighted by molar-refractivity contribution is -0.328. The molecule has 1 heterocycles. The van der Waals surface area contributed by atoms with E-state index in [1.807, 2.05) is 0 Å². The molecule has 1 aromatic rings. The first kappa shape index (κ1) is 7.00. The van der Waals surface area contributed by atoms with Gasteiger partial charge in [-0.1, -0.05) is 0 Å². The molecule has 1 aromatic heterocycles. The molecule has 54 valence electrons. The summed E-state index contributed by atoms with van der Waals surface area (Å²) in [5.41, 5.74) is 0. The summed E-state index contributed by atoms with van der Waals surface area (Å²) in [7, 11) is 0. The second-order valence-electron chi connectivity index (χ2n) is 1.60. The monoisotopic (exact) mass is 143 g/mol. The molecule has 10 heavy (non-hydrogen) atoms. The van der Waals surface area contributed by atoms with Gasteiger partial charge in [0.2, 0.25) is 5.82 Å². The Morgan fingerprint density at radius 3 is 1.90 bits per heavy atom. The van der Waals surface area contributed by atoms with Gasteiger partial charge in [0.25, 0.3) is 0 Å². The number of aliphatic hydroxyl groups is 3. The van der Waals surface area contributed by atoms with E-state index in [2.05, 4.69) is 15.0 Å². The van der Waals surface area contributed by atoms with Crippen molar-refractivity contribution in [1.29, 1.82) is 0 Å². The molecule has 0 aliphatic carbocycles. The molecule has 0 amide bonds. The first-order valence-corrected chi connectivity index (χ1v) is 2.40. The second kappa shape index (κ2) is 2.25. The molecule has 0 fully saturated rings. The quantitative estimate of drug-likeness (QED) is 0.391. The number of aromatic nitrogens is 3. The number of hydrogen-bond donors (Lipinski definition) is 3. The summed E-state index contributed by atoms with van der Waals surface area (Å²) in [5.74, 6) is -3.47. The summed E-state index contributed by atoms with van der Waals surface area (Å²) in [6.07, 6.45) is 2.08. The van der Waals surface area contributed by atoms with Crippen LogP contribution < -0.4 is 0 Å². The molecule has 3 N–H and O–H groups in total. The van der Waals surface area contributed by atoms with E-state index in [1.165, 1.54) is 0 Å². The molecule has 0 radical (unpaired) electrons. The van der Waals surface area contributed by atoms with Crippen molar-refractivity contribution in [3.63, 3.8) is 0 Å². The van der Waals surface area contributed by atoms with Crippen LogP contribution in [0.3, 0.4) is 0 Å². The molecule has 0 unspecified atom stereocenters. The lowest BCUT2D eigenvalue weighted by Crippen LogP contribution is -2.26. The minimum atomic E-state index is -2.97. The molecule has 0 aliphatic rings. The van der Waals surface area contributed by atoms with E-state index in [9.17, 15) is 0 Å². The van der Waals surface area contributed by atoms with Gasteiger partial charge in [-0.2, -0.15) is 0 Å². The maximum atomic E-state index is 8.45. The van der Waals surface area contributed by atoms with Gasteiger partial charge in [-0.05, 0) is 0 Å². The van der Waals surface area contributed by atoms with Crippen molar-refractivity contribution in [3.05, 3.63) is 18.5 Å². The molecule has 0 saturated carbocycles. The van der Waals surface area contributed by atoms with Crippen molar-refractivity contribution in [3.8, 4) is 0 Å². The van der Waals surface area contributed by atoms with Crippen LogP contribution in [0.4, 0.5) is 0 Å². The van der Waals surface area contributed by atoms with Crippen LogP contribution >= 0.6 is 0 Å². The third-order valence-corrected chi connectivity index (χ3v) is 0.793. The van der Waals surface area contributed by atoms with Crippen LogP contribution in [-0.4, -0.2) is 30.3 Å². The maximum Gasteiger partial charge on any atom is 0.340 e. The van der Waals surface area contributed by atoms with Crippen molar-refractivity contribution in [2.24, 2.45) is 0 Å². The molecule has 6 nitrogen and oxygen atoms in total. The Hall–Kier alpha value is -1.11. The van der Waals surface area contributed by atoms with E-state index < -0.39 is 11.8 Å². The van der Waals surface area contributed by atoms with Crippen molar-refractivity contribution in [2.45, 2.75) is 5.97 Å². The van der Waals surface area contributed by atoms with Gasteiger partial charge in [0, 0.05) is 0 Å².